The van der Waals surface area contributed by atoms with Crippen LogP contribution in [0.15, 0.2) is 58.2 Å². The molecule has 0 bridgehead atoms. The number of aromatic amines is 1. The third kappa shape index (κ3) is 3.04. The number of hydrogen-bond donors (Lipinski definition) is 3. The second-order valence-electron chi connectivity index (χ2n) is 4.14. The Bertz CT molecular complexity index is 852. The van der Waals surface area contributed by atoms with Crippen LogP contribution in [0.5, 0.6) is 0 Å². The lowest BCUT2D eigenvalue weighted by Gasteiger charge is -1.99. The lowest BCUT2D eigenvalue weighted by molar-refractivity contribution is -0.135. The van der Waals surface area contributed by atoms with Crippen molar-refractivity contribution in [3.63, 3.8) is 0 Å². The molecule has 0 spiro atoms. The van der Waals surface area contributed by atoms with Gasteiger partial charge in [-0.15, -0.1) is 0 Å². The Labute approximate surface area is 124 Å². The zero-order chi connectivity index (χ0) is 16.3. The van der Waals surface area contributed by atoms with Crippen molar-refractivity contribution in [3.8, 4) is 0 Å². The molecule has 2 aromatic rings. The average molecular weight is 322 g/mol. The van der Waals surface area contributed by atoms with E-state index in [0.29, 0.717) is 6.08 Å². The molecule has 114 valence electrons. The van der Waals surface area contributed by atoms with Crippen LogP contribution < -0.4 is 0 Å². The zero-order valence-electron chi connectivity index (χ0n) is 10.9. The maximum absolute atomic E-state index is 12.2. The van der Waals surface area contributed by atoms with Gasteiger partial charge in [0.15, 0.2) is 5.03 Å². The van der Waals surface area contributed by atoms with Gasteiger partial charge in [0.05, 0.1) is 4.90 Å². The van der Waals surface area contributed by atoms with Gasteiger partial charge < -0.3 is 10.2 Å². The number of rotatable bonds is 5. The standard InChI is InChI=1S/C13H10N2O6S/c16-10(7-11(17)13(18)19)9-6-12(15-14-9)22(20,21)8-4-2-1-3-5-8/h1-7,17H,(H,14,15)(H,18,19). The summed E-state index contributed by atoms with van der Waals surface area (Å²) in [4.78, 5) is 22.1. The number of nitrogens with one attached hydrogen (secondary N) is 1. The number of sulfone groups is 1. The van der Waals surface area contributed by atoms with Gasteiger partial charge in [-0.25, -0.2) is 13.2 Å². The molecule has 0 fully saturated rings. The van der Waals surface area contributed by atoms with Crippen molar-refractivity contribution >= 4 is 21.6 Å². The number of aliphatic carboxylic acids is 1. The molecule has 0 aliphatic carbocycles. The Kier molecular flexibility index (Phi) is 4.08. The van der Waals surface area contributed by atoms with E-state index in [1.54, 1.807) is 18.2 Å². The zero-order valence-corrected chi connectivity index (χ0v) is 11.7. The van der Waals surface area contributed by atoms with Crippen LogP contribution in [0.4, 0.5) is 0 Å². The molecular formula is C13H10N2O6S. The van der Waals surface area contributed by atoms with Gasteiger partial charge in [-0.2, -0.15) is 5.10 Å². The lowest BCUT2D eigenvalue weighted by Crippen LogP contribution is -2.04. The predicted molar refractivity (Wildman–Crippen MR) is 73.2 cm³/mol. The number of ketones is 1. The number of benzene rings is 1. The maximum Gasteiger partial charge on any atom is 0.371 e. The van der Waals surface area contributed by atoms with Crippen molar-refractivity contribution in [1.82, 2.24) is 10.2 Å². The third-order valence-corrected chi connectivity index (χ3v) is 4.29. The third-order valence-electron chi connectivity index (χ3n) is 2.64. The van der Waals surface area contributed by atoms with Crippen molar-refractivity contribution in [1.29, 1.82) is 0 Å². The second kappa shape index (κ2) is 5.82. The molecule has 0 unspecified atom stereocenters. The molecular weight excluding hydrogens is 312 g/mol. The summed E-state index contributed by atoms with van der Waals surface area (Å²) in [6.45, 7) is 0. The highest BCUT2D eigenvalue weighted by Gasteiger charge is 2.22. The first-order valence-electron chi connectivity index (χ1n) is 5.86. The number of carboxylic acid groups (broad SMARTS) is 1. The fourth-order valence-corrected chi connectivity index (χ4v) is 2.75. The first-order chi connectivity index (χ1) is 10.3. The van der Waals surface area contributed by atoms with Crippen molar-refractivity contribution in [3.05, 3.63) is 53.9 Å². The Morgan fingerprint density at radius 1 is 1.14 bits per heavy atom. The number of hydrogen-bond acceptors (Lipinski definition) is 6. The molecule has 1 aromatic heterocycles. The van der Waals surface area contributed by atoms with E-state index in [9.17, 15) is 18.0 Å². The van der Waals surface area contributed by atoms with E-state index >= 15 is 0 Å². The largest absolute Gasteiger partial charge is 0.502 e. The van der Waals surface area contributed by atoms with Crippen molar-refractivity contribution < 1.29 is 28.2 Å². The fourth-order valence-electron chi connectivity index (χ4n) is 1.55. The molecule has 9 heteroatoms. The Morgan fingerprint density at radius 3 is 2.36 bits per heavy atom. The quantitative estimate of drug-likeness (QED) is 0.423. The Morgan fingerprint density at radius 2 is 1.77 bits per heavy atom. The molecule has 0 aliphatic rings. The van der Waals surface area contributed by atoms with E-state index < -0.39 is 27.3 Å². The van der Waals surface area contributed by atoms with Crippen molar-refractivity contribution in [2.75, 3.05) is 0 Å². The number of H-pyrrole nitrogens is 1. The molecule has 8 nitrogen and oxygen atoms in total. The van der Waals surface area contributed by atoms with Gasteiger partial charge in [0.1, 0.15) is 5.69 Å². The lowest BCUT2D eigenvalue weighted by atomic mass is 10.2. The van der Waals surface area contributed by atoms with Crippen molar-refractivity contribution in [2.45, 2.75) is 9.92 Å². The summed E-state index contributed by atoms with van der Waals surface area (Å²) in [5, 5.41) is 22.8. The Balaban J connectivity index is 2.35. The minimum absolute atomic E-state index is 0.00410. The SMILES string of the molecule is O=C(O)C(O)=CC(=O)c1cc(S(=O)(=O)c2ccccc2)n[nH]1. The van der Waals surface area contributed by atoms with Gasteiger partial charge in [0, 0.05) is 12.1 Å². The number of carboxylic acids is 1. The smallest absolute Gasteiger partial charge is 0.371 e. The number of aliphatic hydroxyl groups is 1. The highest BCUT2D eigenvalue weighted by atomic mass is 32.2. The summed E-state index contributed by atoms with van der Waals surface area (Å²) in [6.07, 6.45) is 0.453. The van der Waals surface area contributed by atoms with Gasteiger partial charge in [0.2, 0.25) is 21.4 Å². The monoisotopic (exact) mass is 322 g/mol. The van der Waals surface area contributed by atoms with Gasteiger partial charge >= 0.3 is 5.97 Å². The second-order valence-corrected chi connectivity index (χ2v) is 6.03. The fraction of sp³-hybridized carbons (Fsp3) is 0. The molecule has 0 atom stereocenters. The van der Waals surface area contributed by atoms with Gasteiger partial charge in [-0.3, -0.25) is 9.89 Å². The molecule has 0 saturated carbocycles. The molecule has 3 N–H and O–H groups in total. The van der Waals surface area contributed by atoms with Crippen LogP contribution >= 0.6 is 0 Å². The Hall–Kier alpha value is -2.94. The first kappa shape index (κ1) is 15.4. The number of nitrogens with zero attached hydrogens (tertiary/aromatic N) is 1. The number of carbonyl (C=O) groups excluding carboxylic acids is 1. The number of allylic oxidation sites excluding steroid dienone is 1. The van der Waals surface area contributed by atoms with Crippen LogP contribution in [0.25, 0.3) is 0 Å². The highest BCUT2D eigenvalue weighted by Crippen LogP contribution is 2.19. The van der Waals surface area contributed by atoms with E-state index in [1.165, 1.54) is 12.1 Å². The first-order valence-corrected chi connectivity index (χ1v) is 7.34. The predicted octanol–water partition coefficient (Wildman–Crippen LogP) is 0.952. The molecule has 0 aliphatic heterocycles. The molecule has 0 radical (unpaired) electrons. The van der Waals surface area contributed by atoms with Crippen molar-refractivity contribution in [2.24, 2.45) is 0 Å². The summed E-state index contributed by atoms with van der Waals surface area (Å²) in [6, 6.07) is 8.45. The minimum atomic E-state index is -3.89. The van der Waals surface area contributed by atoms with Gasteiger partial charge in [-0.05, 0) is 12.1 Å². The summed E-state index contributed by atoms with van der Waals surface area (Å²) in [5.74, 6) is -3.75. The topological polar surface area (TPSA) is 137 Å². The van der Waals surface area contributed by atoms with E-state index in [4.69, 9.17) is 10.2 Å². The molecule has 2 rings (SSSR count). The van der Waals surface area contributed by atoms with Crippen LogP contribution in [0, 0.1) is 0 Å². The minimum Gasteiger partial charge on any atom is -0.502 e. The van der Waals surface area contributed by atoms with E-state index in [1.807, 2.05) is 0 Å². The molecule has 22 heavy (non-hydrogen) atoms. The normalized spacial score (nSPS) is 12.1. The van der Waals surface area contributed by atoms with Crippen LogP contribution in [0.1, 0.15) is 10.5 Å². The maximum atomic E-state index is 12.2. The molecule has 1 heterocycles. The summed E-state index contributed by atoms with van der Waals surface area (Å²) in [7, 11) is -3.89. The number of aliphatic hydroxyl groups excluding tert-OH is 1. The summed E-state index contributed by atoms with van der Waals surface area (Å²) in [5.41, 5.74) is -0.262. The van der Waals surface area contributed by atoms with Gasteiger partial charge in [0.25, 0.3) is 0 Å². The van der Waals surface area contributed by atoms with E-state index in [-0.39, 0.29) is 15.6 Å². The van der Waals surface area contributed by atoms with E-state index in [2.05, 4.69) is 10.2 Å². The van der Waals surface area contributed by atoms with Crippen LogP contribution in [0.2, 0.25) is 0 Å². The molecule has 0 amide bonds. The average Bonchev–Trinajstić information content (AvgIpc) is 2.98. The number of aromatic nitrogens is 2. The summed E-state index contributed by atoms with van der Waals surface area (Å²) >= 11 is 0. The number of carbonyl (C=O) groups is 2. The van der Waals surface area contributed by atoms with Gasteiger partial charge in [-0.1, -0.05) is 18.2 Å². The summed E-state index contributed by atoms with van der Waals surface area (Å²) < 4.78 is 24.5. The highest BCUT2D eigenvalue weighted by molar-refractivity contribution is 7.91. The molecule has 1 aromatic carbocycles. The van der Waals surface area contributed by atoms with Crippen LogP contribution in [0.3, 0.4) is 0 Å². The van der Waals surface area contributed by atoms with E-state index in [0.717, 1.165) is 6.07 Å². The van der Waals surface area contributed by atoms with Crippen LogP contribution in [-0.2, 0) is 14.6 Å². The van der Waals surface area contributed by atoms with Crippen LogP contribution in [-0.4, -0.2) is 40.6 Å². The molecule has 0 saturated heterocycles.